The molecule has 0 aliphatic rings. The van der Waals surface area contributed by atoms with E-state index in [1.54, 1.807) is 12.1 Å². The van der Waals surface area contributed by atoms with Gasteiger partial charge in [-0.05, 0) is 21.6 Å². The van der Waals surface area contributed by atoms with E-state index in [1.165, 1.54) is 0 Å². The van der Waals surface area contributed by atoms with Crippen LogP contribution in [-0.2, 0) is 0 Å². The zero-order valence-electron chi connectivity index (χ0n) is 9.95. The van der Waals surface area contributed by atoms with E-state index in [1.807, 2.05) is 36.4 Å². The van der Waals surface area contributed by atoms with Crippen molar-refractivity contribution in [1.29, 1.82) is 0 Å². The molecule has 1 heterocycles. The van der Waals surface area contributed by atoms with Crippen molar-refractivity contribution in [3.63, 3.8) is 0 Å². The Bertz CT molecular complexity index is 695. The monoisotopic (exact) mass is 274 g/mol. The van der Waals surface area contributed by atoms with Crippen LogP contribution in [0.15, 0.2) is 48.5 Å². The summed E-state index contributed by atoms with van der Waals surface area (Å²) in [5, 5.41) is 13.9. The normalized spacial score (nSPS) is 9.80. The van der Waals surface area contributed by atoms with Crippen LogP contribution in [0, 0.1) is 0 Å². The van der Waals surface area contributed by atoms with Gasteiger partial charge >= 0.3 is 29.6 Å². The zero-order valence-corrected chi connectivity index (χ0v) is 9.95. The molecule has 0 radical (unpaired) electrons. The average Bonchev–Trinajstić information content (AvgIpc) is 3.01. The number of nitrogens with zero attached hydrogens (tertiary/aromatic N) is 3. The van der Waals surface area contributed by atoms with E-state index in [-0.39, 0.29) is 29.6 Å². The molecule has 20 heavy (non-hydrogen) atoms. The first-order chi connectivity index (χ1) is 9.38. The summed E-state index contributed by atoms with van der Waals surface area (Å²) >= 11 is 0. The molecule has 3 rings (SSSR count). The second-order valence-corrected chi connectivity index (χ2v) is 4.04. The van der Waals surface area contributed by atoms with Gasteiger partial charge in [-0.3, -0.25) is 4.79 Å². The Labute approximate surface area is 137 Å². The maximum absolute atomic E-state index is 10.7. The molecule has 0 bridgehead atoms. The summed E-state index contributed by atoms with van der Waals surface area (Å²) in [5.74, 6) is 0.620. The van der Waals surface area contributed by atoms with Crippen molar-refractivity contribution in [2.75, 3.05) is 0 Å². The number of carbonyl (C=O) groups excluding carboxylic acids is 1. The van der Waals surface area contributed by atoms with E-state index in [0.717, 1.165) is 23.0 Å². The summed E-state index contributed by atoms with van der Waals surface area (Å²) in [5.41, 5.74) is 3.60. The first-order valence-corrected chi connectivity index (χ1v) is 5.77. The number of hydrogen-bond donors (Lipinski definition) is 1. The molecule has 0 aliphatic heterocycles. The fourth-order valence-corrected chi connectivity index (χ4v) is 1.96. The maximum atomic E-state index is 10.7. The van der Waals surface area contributed by atoms with E-state index in [0.29, 0.717) is 11.4 Å². The van der Waals surface area contributed by atoms with Crippen LogP contribution in [0.4, 0.5) is 0 Å². The van der Waals surface area contributed by atoms with Crippen LogP contribution in [0.25, 0.3) is 22.5 Å². The third-order valence-corrected chi connectivity index (χ3v) is 2.89. The molecule has 0 spiro atoms. The Kier molecular flexibility index (Phi) is 4.79. The first-order valence-electron chi connectivity index (χ1n) is 5.77. The second kappa shape index (κ2) is 6.56. The molecule has 1 aromatic heterocycles. The van der Waals surface area contributed by atoms with Crippen LogP contribution in [0.1, 0.15) is 10.4 Å². The number of nitrogens with one attached hydrogen (secondary N) is 1. The molecule has 0 amide bonds. The molecule has 94 valence electrons. The molecule has 0 unspecified atom stereocenters. The van der Waals surface area contributed by atoms with Crippen molar-refractivity contribution in [3.8, 4) is 22.5 Å². The SMILES string of the molecule is O=Cc1ccc(-c2ccccc2-c2nnn[nH]2)cc1.[NaH]. The summed E-state index contributed by atoms with van der Waals surface area (Å²) in [4.78, 5) is 10.7. The van der Waals surface area contributed by atoms with Crippen LogP contribution >= 0.6 is 0 Å². The Morgan fingerprint density at radius 3 is 2.25 bits per heavy atom. The van der Waals surface area contributed by atoms with Gasteiger partial charge in [0.15, 0.2) is 5.82 Å². The van der Waals surface area contributed by atoms with Crippen molar-refractivity contribution in [2.24, 2.45) is 0 Å². The molecule has 0 saturated heterocycles. The fraction of sp³-hybridized carbons (Fsp3) is 0. The van der Waals surface area contributed by atoms with Gasteiger partial charge in [-0.2, -0.15) is 0 Å². The number of hydrogen-bond acceptors (Lipinski definition) is 4. The number of aromatic amines is 1. The molecule has 0 saturated carbocycles. The van der Waals surface area contributed by atoms with Gasteiger partial charge in [0.05, 0.1) is 0 Å². The first kappa shape index (κ1) is 14.6. The van der Waals surface area contributed by atoms with Crippen molar-refractivity contribution < 1.29 is 4.79 Å². The Hall–Kier alpha value is -1.82. The van der Waals surface area contributed by atoms with Gasteiger partial charge in [-0.25, -0.2) is 5.10 Å². The molecule has 3 aromatic rings. The van der Waals surface area contributed by atoms with Crippen molar-refractivity contribution in [2.45, 2.75) is 0 Å². The van der Waals surface area contributed by atoms with Crippen molar-refractivity contribution in [1.82, 2.24) is 20.6 Å². The number of H-pyrrole nitrogens is 1. The van der Waals surface area contributed by atoms with E-state index < -0.39 is 0 Å². The van der Waals surface area contributed by atoms with Crippen LogP contribution in [0.3, 0.4) is 0 Å². The minimum atomic E-state index is 0. The number of aromatic nitrogens is 4. The molecule has 6 heteroatoms. The van der Waals surface area contributed by atoms with Gasteiger partial charge in [0.25, 0.3) is 0 Å². The van der Waals surface area contributed by atoms with Gasteiger partial charge < -0.3 is 0 Å². The fourth-order valence-electron chi connectivity index (χ4n) is 1.96. The molecule has 5 nitrogen and oxygen atoms in total. The molecule has 0 atom stereocenters. The van der Waals surface area contributed by atoms with Crippen LogP contribution in [0.5, 0.6) is 0 Å². The number of tetrazole rings is 1. The quantitative estimate of drug-likeness (QED) is 0.583. The summed E-state index contributed by atoms with van der Waals surface area (Å²) in [6.45, 7) is 0. The molecular formula is C14H11N4NaO. The number of benzene rings is 2. The Morgan fingerprint density at radius 2 is 1.65 bits per heavy atom. The van der Waals surface area contributed by atoms with Gasteiger partial charge in [0.1, 0.15) is 6.29 Å². The zero-order chi connectivity index (χ0) is 13.1. The average molecular weight is 274 g/mol. The van der Waals surface area contributed by atoms with Crippen LogP contribution < -0.4 is 0 Å². The van der Waals surface area contributed by atoms with E-state index in [9.17, 15) is 4.79 Å². The molecule has 2 aromatic carbocycles. The van der Waals surface area contributed by atoms with Crippen molar-refractivity contribution >= 4 is 35.8 Å². The topological polar surface area (TPSA) is 71.5 Å². The van der Waals surface area contributed by atoms with Gasteiger partial charge in [-0.1, -0.05) is 48.5 Å². The number of rotatable bonds is 3. The third kappa shape index (κ3) is 2.85. The molecule has 0 aliphatic carbocycles. The van der Waals surface area contributed by atoms with Gasteiger partial charge in [0, 0.05) is 11.1 Å². The number of aldehydes is 1. The van der Waals surface area contributed by atoms with Gasteiger partial charge in [-0.15, -0.1) is 5.10 Å². The summed E-state index contributed by atoms with van der Waals surface area (Å²) in [6.07, 6.45) is 0.829. The van der Waals surface area contributed by atoms with Crippen molar-refractivity contribution in [3.05, 3.63) is 54.1 Å². The van der Waals surface area contributed by atoms with Crippen LogP contribution in [0.2, 0.25) is 0 Å². The summed E-state index contributed by atoms with van der Waals surface area (Å²) in [6, 6.07) is 15.2. The molecular weight excluding hydrogens is 263 g/mol. The van der Waals surface area contributed by atoms with Gasteiger partial charge in [0.2, 0.25) is 0 Å². The predicted molar refractivity (Wildman–Crippen MR) is 77.6 cm³/mol. The van der Waals surface area contributed by atoms with E-state index in [4.69, 9.17) is 0 Å². The molecule has 0 fully saturated rings. The van der Waals surface area contributed by atoms with E-state index in [2.05, 4.69) is 20.6 Å². The van der Waals surface area contributed by atoms with Crippen LogP contribution in [-0.4, -0.2) is 56.5 Å². The third-order valence-electron chi connectivity index (χ3n) is 2.89. The predicted octanol–water partition coefficient (Wildman–Crippen LogP) is 1.70. The minimum absolute atomic E-state index is 0. The van der Waals surface area contributed by atoms with E-state index >= 15 is 0 Å². The number of carbonyl (C=O) groups is 1. The second-order valence-electron chi connectivity index (χ2n) is 4.04. The Morgan fingerprint density at radius 1 is 0.950 bits per heavy atom. The summed E-state index contributed by atoms with van der Waals surface area (Å²) in [7, 11) is 0. The Balaban J connectivity index is 0.00000147. The molecule has 1 N–H and O–H groups in total. The standard InChI is InChI=1S/C14H10N4O.Na.H/c19-9-10-5-7-11(8-6-10)12-3-1-2-4-13(12)14-15-17-18-16-14;;/h1-9H,(H,15,16,17,18);;. The summed E-state index contributed by atoms with van der Waals surface area (Å²) < 4.78 is 0.